The minimum Gasteiger partial charge on any atom is -0.373 e. The Labute approximate surface area is 171 Å². The van der Waals surface area contributed by atoms with Crippen LogP contribution in [0.3, 0.4) is 0 Å². The quantitative estimate of drug-likeness (QED) is 0.496. The molecule has 0 aliphatic carbocycles. The number of hydrogen-bond donors (Lipinski definition) is 5. The molecule has 0 aromatic heterocycles. The molecule has 0 saturated heterocycles. The summed E-state index contributed by atoms with van der Waals surface area (Å²) >= 11 is 0. The average molecular weight is 402 g/mol. The van der Waals surface area contributed by atoms with Gasteiger partial charge in [-0.3, -0.25) is 10.1 Å². The number of nitrogens with one attached hydrogen (secondary N) is 5. The summed E-state index contributed by atoms with van der Waals surface area (Å²) in [5, 5.41) is 15.5. The lowest BCUT2D eigenvalue weighted by Crippen LogP contribution is -2.54. The van der Waals surface area contributed by atoms with E-state index in [1.165, 1.54) is 11.1 Å². The molecular formula is C20H31N7O2. The number of aliphatic imine (C=N–C) groups is 1. The SMILES string of the molecule is CC1CC(NCCC(=O)N(C)C)=NC(NC(=O)Nc2ccc3c(c2)CCNC3)N1. The smallest absolute Gasteiger partial charge is 0.321 e. The van der Waals surface area contributed by atoms with Crippen molar-refractivity contribution in [1.29, 1.82) is 0 Å². The fraction of sp³-hybridized carbons (Fsp3) is 0.550. The molecule has 2 atom stereocenters. The third kappa shape index (κ3) is 6.16. The fourth-order valence-corrected chi connectivity index (χ4v) is 3.44. The Bertz CT molecular complexity index is 778. The van der Waals surface area contributed by atoms with Crippen LogP contribution in [0.1, 0.15) is 30.9 Å². The Morgan fingerprint density at radius 2 is 2.10 bits per heavy atom. The van der Waals surface area contributed by atoms with Crippen molar-refractivity contribution in [3.63, 3.8) is 0 Å². The van der Waals surface area contributed by atoms with E-state index in [1.807, 2.05) is 25.1 Å². The van der Waals surface area contributed by atoms with Crippen molar-refractivity contribution in [2.24, 2.45) is 4.99 Å². The molecule has 3 rings (SSSR count). The molecular weight excluding hydrogens is 370 g/mol. The lowest BCUT2D eigenvalue weighted by atomic mass is 10.0. The summed E-state index contributed by atoms with van der Waals surface area (Å²) in [5.41, 5.74) is 3.32. The molecule has 2 aliphatic rings. The zero-order valence-electron chi connectivity index (χ0n) is 17.3. The Morgan fingerprint density at radius 3 is 2.90 bits per heavy atom. The predicted octanol–water partition coefficient (Wildman–Crippen LogP) is 0.586. The highest BCUT2D eigenvalue weighted by atomic mass is 16.2. The van der Waals surface area contributed by atoms with Gasteiger partial charge in [-0.2, -0.15) is 0 Å². The molecule has 1 aromatic rings. The van der Waals surface area contributed by atoms with Gasteiger partial charge in [0.15, 0.2) is 6.29 Å². The van der Waals surface area contributed by atoms with Crippen molar-refractivity contribution < 1.29 is 9.59 Å². The number of amidine groups is 1. The van der Waals surface area contributed by atoms with Crippen molar-refractivity contribution in [1.82, 2.24) is 26.2 Å². The Balaban J connectivity index is 1.52. The first-order chi connectivity index (χ1) is 13.9. The van der Waals surface area contributed by atoms with E-state index in [0.717, 1.165) is 37.5 Å². The summed E-state index contributed by atoms with van der Waals surface area (Å²) in [6, 6.07) is 5.84. The summed E-state index contributed by atoms with van der Waals surface area (Å²) in [6.07, 6.45) is 1.56. The normalized spacial score (nSPS) is 20.9. The Morgan fingerprint density at radius 1 is 1.28 bits per heavy atom. The van der Waals surface area contributed by atoms with Crippen LogP contribution < -0.4 is 26.6 Å². The lowest BCUT2D eigenvalue weighted by Gasteiger charge is -2.28. The number of nitrogens with zero attached hydrogens (tertiary/aromatic N) is 2. The van der Waals surface area contributed by atoms with E-state index >= 15 is 0 Å². The van der Waals surface area contributed by atoms with Crippen molar-refractivity contribution >= 4 is 23.5 Å². The van der Waals surface area contributed by atoms with Crippen LogP contribution in [-0.2, 0) is 17.8 Å². The standard InChI is InChI=1S/C20H31N7O2/c1-13-10-17(22-9-7-18(28)27(2)3)25-19(23-13)26-20(29)24-16-5-4-15-12-21-8-6-14(15)11-16/h4-5,11,13,19,21,23H,6-10,12H2,1-3H3,(H,22,25)(H2,24,26,29). The first-order valence-electron chi connectivity index (χ1n) is 10.1. The highest BCUT2D eigenvalue weighted by Gasteiger charge is 2.21. The van der Waals surface area contributed by atoms with Gasteiger partial charge in [0.2, 0.25) is 5.91 Å². The van der Waals surface area contributed by atoms with Gasteiger partial charge in [-0.25, -0.2) is 9.79 Å². The van der Waals surface area contributed by atoms with Crippen molar-refractivity contribution in [2.75, 3.05) is 32.5 Å². The van der Waals surface area contributed by atoms with Crippen LogP contribution in [0.15, 0.2) is 23.2 Å². The predicted molar refractivity (Wildman–Crippen MR) is 114 cm³/mol. The van der Waals surface area contributed by atoms with E-state index in [0.29, 0.717) is 13.0 Å². The highest BCUT2D eigenvalue weighted by Crippen LogP contribution is 2.19. The monoisotopic (exact) mass is 401 g/mol. The van der Waals surface area contributed by atoms with Gasteiger partial charge in [-0.15, -0.1) is 0 Å². The molecule has 0 radical (unpaired) electrons. The van der Waals surface area contributed by atoms with Crippen LogP contribution in [0, 0.1) is 0 Å². The summed E-state index contributed by atoms with van der Waals surface area (Å²) in [4.78, 5) is 30.2. The van der Waals surface area contributed by atoms with Crippen LogP contribution in [0.5, 0.6) is 0 Å². The Kier molecular flexibility index (Phi) is 7.05. The molecule has 0 bridgehead atoms. The van der Waals surface area contributed by atoms with Crippen LogP contribution in [0.25, 0.3) is 0 Å². The molecule has 9 nitrogen and oxygen atoms in total. The largest absolute Gasteiger partial charge is 0.373 e. The number of carbonyl (C=O) groups excluding carboxylic acids is 2. The van der Waals surface area contributed by atoms with Gasteiger partial charge in [0, 0.05) is 51.8 Å². The molecule has 2 heterocycles. The first-order valence-corrected chi connectivity index (χ1v) is 10.1. The molecule has 29 heavy (non-hydrogen) atoms. The minimum absolute atomic E-state index is 0.0648. The molecule has 0 saturated carbocycles. The first kappa shape index (κ1) is 21.1. The van der Waals surface area contributed by atoms with Crippen molar-refractivity contribution in [3.8, 4) is 0 Å². The number of hydrogen-bond acceptors (Lipinski definition) is 6. The number of benzene rings is 1. The second kappa shape index (κ2) is 9.71. The van der Waals surface area contributed by atoms with Gasteiger partial charge < -0.3 is 26.2 Å². The van der Waals surface area contributed by atoms with E-state index in [2.05, 4.69) is 31.6 Å². The van der Waals surface area contributed by atoms with Gasteiger partial charge in [0.05, 0.1) is 0 Å². The minimum atomic E-state index is -0.521. The van der Waals surface area contributed by atoms with Gasteiger partial charge in [0.1, 0.15) is 5.84 Å². The van der Waals surface area contributed by atoms with E-state index in [4.69, 9.17) is 0 Å². The van der Waals surface area contributed by atoms with Gasteiger partial charge in [0.25, 0.3) is 0 Å². The second-order valence-corrected chi connectivity index (χ2v) is 7.72. The molecule has 2 aliphatic heterocycles. The van der Waals surface area contributed by atoms with E-state index < -0.39 is 6.29 Å². The summed E-state index contributed by atoms with van der Waals surface area (Å²) in [7, 11) is 3.48. The molecule has 9 heteroatoms. The third-order valence-electron chi connectivity index (χ3n) is 5.01. The van der Waals surface area contributed by atoms with Crippen molar-refractivity contribution in [3.05, 3.63) is 29.3 Å². The van der Waals surface area contributed by atoms with Gasteiger partial charge in [-0.05, 0) is 43.1 Å². The summed E-state index contributed by atoms with van der Waals surface area (Å²) < 4.78 is 0. The average Bonchev–Trinajstić information content (AvgIpc) is 2.67. The third-order valence-corrected chi connectivity index (χ3v) is 5.01. The summed E-state index contributed by atoms with van der Waals surface area (Å²) in [5.74, 6) is 0.851. The van der Waals surface area contributed by atoms with E-state index in [-0.39, 0.29) is 18.0 Å². The van der Waals surface area contributed by atoms with E-state index in [1.54, 1.807) is 19.0 Å². The molecule has 2 unspecified atom stereocenters. The van der Waals surface area contributed by atoms with Gasteiger partial charge >= 0.3 is 6.03 Å². The van der Waals surface area contributed by atoms with Crippen LogP contribution in [0.2, 0.25) is 0 Å². The number of carbonyl (C=O) groups is 2. The number of anilines is 1. The van der Waals surface area contributed by atoms with Crippen LogP contribution in [-0.4, -0.2) is 62.2 Å². The number of rotatable bonds is 5. The molecule has 3 amide bonds. The lowest BCUT2D eigenvalue weighted by molar-refractivity contribution is -0.128. The zero-order valence-corrected chi connectivity index (χ0v) is 17.3. The Hall–Kier alpha value is -2.65. The number of urea groups is 1. The maximum absolute atomic E-state index is 12.4. The highest BCUT2D eigenvalue weighted by molar-refractivity contribution is 5.90. The molecule has 0 spiro atoms. The molecule has 158 valence electrons. The van der Waals surface area contributed by atoms with Crippen LogP contribution >= 0.6 is 0 Å². The van der Waals surface area contributed by atoms with Crippen molar-refractivity contribution in [2.45, 2.75) is 45.1 Å². The molecule has 5 N–H and O–H groups in total. The van der Waals surface area contributed by atoms with Crippen LogP contribution in [0.4, 0.5) is 10.5 Å². The number of amides is 3. The molecule has 1 aromatic carbocycles. The maximum atomic E-state index is 12.4. The van der Waals surface area contributed by atoms with Gasteiger partial charge in [-0.1, -0.05) is 6.07 Å². The topological polar surface area (TPSA) is 110 Å². The second-order valence-electron chi connectivity index (χ2n) is 7.72. The number of fused-ring (bicyclic) bond motifs is 1. The summed E-state index contributed by atoms with van der Waals surface area (Å²) in [6.45, 7) is 4.38. The fourth-order valence-electron chi connectivity index (χ4n) is 3.44. The maximum Gasteiger partial charge on any atom is 0.321 e. The van der Waals surface area contributed by atoms with E-state index in [9.17, 15) is 9.59 Å². The molecule has 0 fully saturated rings. The zero-order chi connectivity index (χ0) is 20.8.